The van der Waals surface area contributed by atoms with Crippen LogP contribution in [0.3, 0.4) is 0 Å². The van der Waals surface area contributed by atoms with Crippen LogP contribution in [-0.4, -0.2) is 43.0 Å². The van der Waals surface area contributed by atoms with Gasteiger partial charge in [0.05, 0.1) is 12.4 Å². The summed E-state index contributed by atoms with van der Waals surface area (Å²) in [6, 6.07) is 0. The summed E-state index contributed by atoms with van der Waals surface area (Å²) >= 11 is 0. The zero-order chi connectivity index (χ0) is 12.9. The summed E-state index contributed by atoms with van der Waals surface area (Å²) in [5.74, 6) is 0.223. The lowest BCUT2D eigenvalue weighted by molar-refractivity contribution is -0.0137. The lowest BCUT2D eigenvalue weighted by Crippen LogP contribution is -2.26. The Balaban J connectivity index is 2.08. The molecule has 0 radical (unpaired) electrons. The van der Waals surface area contributed by atoms with E-state index in [-0.39, 0.29) is 5.82 Å². The van der Waals surface area contributed by atoms with Gasteiger partial charge in [-0.05, 0) is 6.92 Å². The van der Waals surface area contributed by atoms with Crippen LogP contribution in [0.4, 0.5) is 10.2 Å². The van der Waals surface area contributed by atoms with Gasteiger partial charge in [0.25, 0.3) is 0 Å². The van der Waals surface area contributed by atoms with Crippen LogP contribution in [0.25, 0.3) is 11.2 Å². The van der Waals surface area contributed by atoms with Crippen molar-refractivity contribution in [2.45, 2.75) is 31.5 Å². The van der Waals surface area contributed by atoms with Crippen molar-refractivity contribution in [3.05, 3.63) is 12.7 Å². The van der Waals surface area contributed by atoms with Gasteiger partial charge in [-0.2, -0.15) is 0 Å². The van der Waals surface area contributed by atoms with Gasteiger partial charge in [0.15, 0.2) is 23.9 Å². The van der Waals surface area contributed by atoms with Crippen molar-refractivity contribution in [3.63, 3.8) is 0 Å². The molecule has 0 saturated carbocycles. The SMILES string of the molecule is C[C@H]1O[C@@H](n2cnc3c(N)ncnc32)[C@@H]([18F])[C@@H]1O. The van der Waals surface area contributed by atoms with E-state index in [4.69, 9.17) is 10.5 Å². The van der Waals surface area contributed by atoms with Gasteiger partial charge in [-0.25, -0.2) is 19.3 Å². The summed E-state index contributed by atoms with van der Waals surface area (Å²) in [5, 5.41) is 9.57. The van der Waals surface area contributed by atoms with Crippen molar-refractivity contribution in [3.8, 4) is 0 Å². The molecule has 1 aliphatic rings. The molecular weight excluding hydrogens is 240 g/mol. The first-order valence-electron chi connectivity index (χ1n) is 5.50. The molecule has 96 valence electrons. The molecule has 0 bridgehead atoms. The summed E-state index contributed by atoms with van der Waals surface area (Å²) in [5.41, 5.74) is 6.42. The highest BCUT2D eigenvalue weighted by atomic mass is 18.2. The largest absolute Gasteiger partial charge is 0.387 e. The minimum atomic E-state index is -1.53. The summed E-state index contributed by atoms with van der Waals surface area (Å²) in [4.78, 5) is 11.8. The number of fused-ring (bicyclic) bond motifs is 1. The second kappa shape index (κ2) is 3.85. The Labute approximate surface area is 101 Å². The molecule has 7 nitrogen and oxygen atoms in total. The van der Waals surface area contributed by atoms with Crippen LogP contribution < -0.4 is 5.73 Å². The van der Waals surface area contributed by atoms with E-state index >= 15 is 0 Å². The molecule has 2 aromatic heterocycles. The number of ether oxygens (including phenoxy) is 1. The number of rotatable bonds is 1. The topological polar surface area (TPSA) is 99.1 Å². The Hall–Kier alpha value is -1.80. The smallest absolute Gasteiger partial charge is 0.173 e. The lowest BCUT2D eigenvalue weighted by atomic mass is 10.2. The highest BCUT2D eigenvalue weighted by molar-refractivity contribution is 5.81. The number of halogens is 1. The van der Waals surface area contributed by atoms with E-state index in [2.05, 4.69) is 15.0 Å². The molecule has 0 amide bonds. The van der Waals surface area contributed by atoms with Crippen molar-refractivity contribution in [2.75, 3.05) is 5.73 Å². The fourth-order valence-electron chi connectivity index (χ4n) is 2.08. The Morgan fingerprint density at radius 3 is 2.89 bits per heavy atom. The van der Waals surface area contributed by atoms with Crippen LogP contribution in [0.1, 0.15) is 13.2 Å². The first-order valence-corrected chi connectivity index (χ1v) is 5.50. The number of nitrogens with two attached hydrogens (primary N) is 1. The van der Waals surface area contributed by atoms with Crippen LogP contribution >= 0.6 is 0 Å². The number of aliphatic hydroxyl groups is 1. The Bertz CT molecular complexity index is 589. The molecule has 0 spiro atoms. The van der Waals surface area contributed by atoms with E-state index in [0.29, 0.717) is 11.2 Å². The van der Waals surface area contributed by atoms with Gasteiger partial charge in [0, 0.05) is 0 Å². The van der Waals surface area contributed by atoms with E-state index in [1.807, 2.05) is 0 Å². The minimum Gasteiger partial charge on any atom is -0.387 e. The molecule has 1 aliphatic heterocycles. The number of anilines is 1. The van der Waals surface area contributed by atoms with E-state index in [1.54, 1.807) is 6.92 Å². The molecule has 8 heteroatoms. The lowest BCUT2D eigenvalue weighted by Gasteiger charge is -2.14. The summed E-state index contributed by atoms with van der Waals surface area (Å²) in [7, 11) is 0. The third-order valence-electron chi connectivity index (χ3n) is 3.09. The van der Waals surface area contributed by atoms with Crippen molar-refractivity contribution in [1.29, 1.82) is 0 Å². The van der Waals surface area contributed by atoms with E-state index in [9.17, 15) is 9.50 Å². The van der Waals surface area contributed by atoms with Gasteiger partial charge in [-0.1, -0.05) is 0 Å². The van der Waals surface area contributed by atoms with Gasteiger partial charge in [-0.15, -0.1) is 0 Å². The second-order valence-corrected chi connectivity index (χ2v) is 4.25. The van der Waals surface area contributed by atoms with E-state index < -0.39 is 24.6 Å². The first kappa shape index (κ1) is 11.3. The Morgan fingerprint density at radius 1 is 1.44 bits per heavy atom. The molecule has 1 saturated heterocycles. The fraction of sp³-hybridized carbons (Fsp3) is 0.500. The van der Waals surface area contributed by atoms with Crippen molar-refractivity contribution >= 4 is 17.0 Å². The maximum Gasteiger partial charge on any atom is 0.173 e. The van der Waals surface area contributed by atoms with E-state index in [1.165, 1.54) is 17.2 Å². The van der Waals surface area contributed by atoms with Gasteiger partial charge < -0.3 is 15.6 Å². The molecule has 0 aromatic carbocycles. The number of aromatic nitrogens is 4. The number of hydrogen-bond acceptors (Lipinski definition) is 6. The monoisotopic (exact) mass is 252 g/mol. The molecule has 3 heterocycles. The quantitative estimate of drug-likeness (QED) is 0.742. The second-order valence-electron chi connectivity index (χ2n) is 4.25. The van der Waals surface area contributed by atoms with Crippen LogP contribution in [0.2, 0.25) is 0 Å². The third-order valence-corrected chi connectivity index (χ3v) is 3.09. The minimum absolute atomic E-state index is 0.223. The predicted octanol–water partition coefficient (Wildman–Crippen LogP) is 0.0248. The number of imidazole rings is 1. The Kier molecular flexibility index (Phi) is 2.42. The van der Waals surface area contributed by atoms with Gasteiger partial charge in [0.2, 0.25) is 0 Å². The molecule has 18 heavy (non-hydrogen) atoms. The molecule has 3 rings (SSSR count). The molecule has 0 unspecified atom stereocenters. The highest BCUT2D eigenvalue weighted by Crippen LogP contribution is 2.33. The predicted molar refractivity (Wildman–Crippen MR) is 60.2 cm³/mol. The number of hydrogen-bond donors (Lipinski definition) is 2. The highest BCUT2D eigenvalue weighted by Gasteiger charge is 2.43. The molecule has 0 aliphatic carbocycles. The van der Waals surface area contributed by atoms with Crippen LogP contribution in [-0.2, 0) is 4.74 Å². The van der Waals surface area contributed by atoms with Crippen molar-refractivity contribution < 1.29 is 14.2 Å². The van der Waals surface area contributed by atoms with Crippen LogP contribution in [0, 0.1) is 0 Å². The maximum atomic E-state index is 13.9. The summed E-state index contributed by atoms with van der Waals surface area (Å²) in [6.07, 6.45) is -1.56. The van der Waals surface area contributed by atoms with Crippen molar-refractivity contribution in [1.82, 2.24) is 19.5 Å². The van der Waals surface area contributed by atoms with Crippen molar-refractivity contribution in [2.24, 2.45) is 0 Å². The number of aliphatic hydroxyl groups excluding tert-OH is 1. The molecule has 2 aromatic rings. The summed E-state index contributed by atoms with van der Waals surface area (Å²) < 4.78 is 20.7. The standard InChI is InChI=1S/C10H12FN5O2/c1-4-7(17)5(11)10(18-4)16-3-15-6-8(12)13-2-14-9(6)16/h2-5,7,10,17H,1H3,(H2,12,13,14)/t4-,5+,7-,10-/m1/s1/i11-1. The number of alkyl halides is 1. The number of nitrogens with zero attached hydrogens (tertiary/aromatic N) is 4. The molecular formula is C10H12FN5O2. The first-order chi connectivity index (χ1) is 8.59. The fourth-order valence-corrected chi connectivity index (χ4v) is 2.08. The van der Waals surface area contributed by atoms with Gasteiger partial charge >= 0.3 is 0 Å². The summed E-state index contributed by atoms with van der Waals surface area (Å²) in [6.45, 7) is 1.61. The average molecular weight is 252 g/mol. The third kappa shape index (κ3) is 1.46. The van der Waals surface area contributed by atoms with E-state index in [0.717, 1.165) is 0 Å². The molecule has 4 atom stereocenters. The van der Waals surface area contributed by atoms with Crippen LogP contribution in [0.5, 0.6) is 0 Å². The zero-order valence-electron chi connectivity index (χ0n) is 9.56. The number of nitrogen functional groups attached to an aromatic ring is 1. The maximum absolute atomic E-state index is 13.9. The average Bonchev–Trinajstić information content (AvgIpc) is 2.88. The van der Waals surface area contributed by atoms with Gasteiger partial charge in [-0.3, -0.25) is 4.57 Å². The molecule has 1 fully saturated rings. The van der Waals surface area contributed by atoms with Gasteiger partial charge in [0.1, 0.15) is 17.9 Å². The normalized spacial score (nSPS) is 32.2. The molecule has 3 N–H and O–H groups in total. The zero-order valence-corrected chi connectivity index (χ0v) is 9.56. The van der Waals surface area contributed by atoms with Crippen LogP contribution in [0.15, 0.2) is 12.7 Å². The Morgan fingerprint density at radius 2 is 2.22 bits per heavy atom.